The Hall–Kier alpha value is -0.950. The van der Waals surface area contributed by atoms with Crippen molar-refractivity contribution in [2.75, 3.05) is 5.75 Å². The van der Waals surface area contributed by atoms with E-state index >= 15 is 0 Å². The monoisotopic (exact) mass is 181 g/mol. The third-order valence-corrected chi connectivity index (χ3v) is 1.30. The number of carboxylic acids is 1. The summed E-state index contributed by atoms with van der Waals surface area (Å²) >= 11 is 3.54. The van der Waals surface area contributed by atoms with Crippen molar-refractivity contribution >= 4 is 24.7 Å². The lowest BCUT2D eigenvalue weighted by atomic mass is 10.3. The van der Waals surface area contributed by atoms with E-state index in [-0.39, 0.29) is 10.8 Å². The molecule has 0 unspecified atom stereocenters. The molecule has 0 radical (unpaired) electrons. The minimum absolute atomic E-state index is 0.280. The zero-order chi connectivity index (χ0) is 9.02. The Balaban J connectivity index is 4.25. The van der Waals surface area contributed by atoms with Gasteiger partial charge in [-0.05, 0) is 0 Å². The normalized spacial score (nSPS) is 12.2. The first-order valence-electron chi connectivity index (χ1n) is 2.55. The number of hydroxylamine groups is 2. The van der Waals surface area contributed by atoms with Gasteiger partial charge in [0.25, 0.3) is 0 Å². The lowest BCUT2D eigenvalue weighted by molar-refractivity contribution is -0.157. The highest BCUT2D eigenvalue weighted by molar-refractivity contribution is 7.80. The highest BCUT2D eigenvalue weighted by Crippen LogP contribution is 1.98. The van der Waals surface area contributed by atoms with Crippen molar-refractivity contribution in [3.8, 4) is 0 Å². The van der Waals surface area contributed by atoms with Crippen molar-refractivity contribution in [3.63, 3.8) is 0 Å². The number of carboxylic acid groups (broad SMARTS) is 2. The molecule has 11 heavy (non-hydrogen) atoms. The maximum atomic E-state index is 10.2. The number of hydrogen-bond acceptors (Lipinski definition) is 4. The van der Waals surface area contributed by atoms with Gasteiger partial charge in [-0.25, -0.2) is 9.59 Å². The van der Waals surface area contributed by atoms with Crippen LogP contribution in [0.15, 0.2) is 0 Å². The van der Waals surface area contributed by atoms with Crippen LogP contribution in [0.3, 0.4) is 0 Å². The van der Waals surface area contributed by atoms with Gasteiger partial charge in [0.15, 0.2) is 6.04 Å². The van der Waals surface area contributed by atoms with Crippen LogP contribution < -0.4 is 0 Å². The summed E-state index contributed by atoms with van der Waals surface area (Å²) < 4.78 is 0. The Labute approximate surface area is 67.4 Å². The van der Waals surface area contributed by atoms with Crippen LogP contribution in [0.5, 0.6) is 0 Å². The van der Waals surface area contributed by atoms with E-state index in [4.69, 9.17) is 15.4 Å². The molecule has 0 spiro atoms. The molecule has 0 bridgehead atoms. The summed E-state index contributed by atoms with van der Waals surface area (Å²) in [4.78, 5) is 20.1. The lowest BCUT2D eigenvalue weighted by Gasteiger charge is -2.16. The van der Waals surface area contributed by atoms with Gasteiger partial charge in [-0.2, -0.15) is 17.7 Å². The second kappa shape index (κ2) is 4.04. The quantitative estimate of drug-likeness (QED) is 0.273. The van der Waals surface area contributed by atoms with E-state index in [0.29, 0.717) is 0 Å². The highest BCUT2D eigenvalue weighted by atomic mass is 32.1. The Morgan fingerprint density at radius 1 is 1.45 bits per heavy atom. The highest BCUT2D eigenvalue weighted by Gasteiger charge is 2.26. The molecule has 0 aliphatic carbocycles. The van der Waals surface area contributed by atoms with E-state index in [1.807, 2.05) is 0 Å². The third kappa shape index (κ3) is 2.64. The van der Waals surface area contributed by atoms with Crippen LogP contribution in [-0.4, -0.2) is 44.3 Å². The first-order chi connectivity index (χ1) is 5.00. The fourth-order valence-electron chi connectivity index (χ4n) is 0.393. The Morgan fingerprint density at radius 2 is 1.91 bits per heavy atom. The Morgan fingerprint density at radius 3 is 2.00 bits per heavy atom. The zero-order valence-corrected chi connectivity index (χ0v) is 6.23. The molecule has 0 aliphatic rings. The summed E-state index contributed by atoms with van der Waals surface area (Å²) in [6.45, 7) is 0. The van der Waals surface area contributed by atoms with Gasteiger partial charge in [-0.3, -0.25) is 5.21 Å². The Kier molecular flexibility index (Phi) is 3.69. The summed E-state index contributed by atoms with van der Waals surface area (Å²) in [7, 11) is 0. The summed E-state index contributed by atoms with van der Waals surface area (Å²) in [5, 5.41) is 24.7. The van der Waals surface area contributed by atoms with Crippen molar-refractivity contribution in [1.82, 2.24) is 5.06 Å². The fraction of sp³-hybridized carbons (Fsp3) is 0.500. The van der Waals surface area contributed by atoms with Crippen molar-refractivity contribution in [2.24, 2.45) is 0 Å². The van der Waals surface area contributed by atoms with Gasteiger partial charge in [0.1, 0.15) is 0 Å². The minimum atomic E-state index is -1.72. The van der Waals surface area contributed by atoms with E-state index in [1.54, 1.807) is 0 Å². The lowest BCUT2D eigenvalue weighted by Crippen LogP contribution is -2.43. The predicted octanol–water partition coefficient (Wildman–Crippen LogP) is -0.261. The van der Waals surface area contributed by atoms with Gasteiger partial charge < -0.3 is 10.2 Å². The van der Waals surface area contributed by atoms with Crippen LogP contribution in [0.2, 0.25) is 0 Å². The topological polar surface area (TPSA) is 98.1 Å². The molecule has 1 amide bonds. The SMILES string of the molecule is O=C(O)[C@H](CS)N(O)C(=O)O. The maximum absolute atomic E-state index is 10.2. The standard InChI is InChI=1S/C4H7NO5S/c6-3(7)2(1-11)5(10)4(8)9/h2,10-11H,1H2,(H,6,7)(H,8,9)/t2-/m0/s1. The number of nitrogens with zero attached hydrogens (tertiary/aromatic N) is 1. The summed E-state index contributed by atoms with van der Waals surface area (Å²) in [6.07, 6.45) is -1.72. The van der Waals surface area contributed by atoms with E-state index in [2.05, 4.69) is 12.6 Å². The van der Waals surface area contributed by atoms with Crippen LogP contribution in [0.1, 0.15) is 0 Å². The molecule has 0 aliphatic heterocycles. The maximum Gasteiger partial charge on any atom is 0.432 e. The average molecular weight is 181 g/mol. The molecular weight excluding hydrogens is 174 g/mol. The molecule has 0 fully saturated rings. The van der Waals surface area contributed by atoms with E-state index < -0.39 is 18.1 Å². The molecular formula is C4H7NO5S. The number of thiol groups is 1. The van der Waals surface area contributed by atoms with E-state index in [1.165, 1.54) is 0 Å². The van der Waals surface area contributed by atoms with E-state index in [9.17, 15) is 9.59 Å². The van der Waals surface area contributed by atoms with Crippen LogP contribution >= 0.6 is 12.6 Å². The minimum Gasteiger partial charge on any atom is -0.480 e. The summed E-state index contributed by atoms with van der Waals surface area (Å²) in [5.74, 6) is -1.72. The summed E-state index contributed by atoms with van der Waals surface area (Å²) in [6, 6.07) is -1.52. The summed E-state index contributed by atoms with van der Waals surface area (Å²) in [5.41, 5.74) is 0. The van der Waals surface area contributed by atoms with Gasteiger partial charge >= 0.3 is 12.1 Å². The molecule has 0 saturated heterocycles. The zero-order valence-electron chi connectivity index (χ0n) is 5.34. The molecule has 0 saturated carbocycles. The molecule has 0 aromatic rings. The molecule has 64 valence electrons. The van der Waals surface area contributed by atoms with Gasteiger partial charge in [0, 0.05) is 5.75 Å². The van der Waals surface area contributed by atoms with Crippen LogP contribution in [-0.2, 0) is 4.79 Å². The van der Waals surface area contributed by atoms with Gasteiger partial charge in [-0.15, -0.1) is 0 Å². The first kappa shape index (κ1) is 10.0. The third-order valence-electron chi connectivity index (χ3n) is 0.949. The molecule has 7 heteroatoms. The predicted molar refractivity (Wildman–Crippen MR) is 36.9 cm³/mol. The van der Waals surface area contributed by atoms with Crippen molar-refractivity contribution in [1.29, 1.82) is 0 Å². The van der Waals surface area contributed by atoms with Crippen molar-refractivity contribution < 1.29 is 25.0 Å². The average Bonchev–Trinajstić information content (AvgIpc) is 1.88. The fourth-order valence-corrected chi connectivity index (χ4v) is 0.704. The number of rotatable bonds is 3. The van der Waals surface area contributed by atoms with Gasteiger partial charge in [0.2, 0.25) is 0 Å². The molecule has 0 aromatic heterocycles. The number of carbonyl (C=O) groups is 2. The molecule has 3 N–H and O–H groups in total. The largest absolute Gasteiger partial charge is 0.480 e. The van der Waals surface area contributed by atoms with Crippen LogP contribution in [0, 0.1) is 0 Å². The second-order valence-electron chi connectivity index (χ2n) is 1.66. The van der Waals surface area contributed by atoms with Crippen LogP contribution in [0.4, 0.5) is 4.79 Å². The molecule has 0 rings (SSSR count). The van der Waals surface area contributed by atoms with Gasteiger partial charge in [-0.1, -0.05) is 0 Å². The molecule has 0 heterocycles. The number of hydrogen-bond donors (Lipinski definition) is 4. The van der Waals surface area contributed by atoms with Crippen LogP contribution in [0.25, 0.3) is 0 Å². The molecule has 1 atom stereocenters. The van der Waals surface area contributed by atoms with E-state index in [0.717, 1.165) is 0 Å². The number of amides is 1. The first-order valence-corrected chi connectivity index (χ1v) is 3.18. The molecule has 6 nitrogen and oxygen atoms in total. The second-order valence-corrected chi connectivity index (χ2v) is 2.03. The van der Waals surface area contributed by atoms with Crippen molar-refractivity contribution in [2.45, 2.75) is 6.04 Å². The smallest absolute Gasteiger partial charge is 0.432 e. The molecule has 0 aromatic carbocycles. The van der Waals surface area contributed by atoms with Crippen molar-refractivity contribution in [3.05, 3.63) is 0 Å². The number of aliphatic carboxylic acids is 1. The Bertz CT molecular complexity index is 172. The van der Waals surface area contributed by atoms with Gasteiger partial charge in [0.05, 0.1) is 0 Å².